The normalized spacial score (nSPS) is 12.1. The third-order valence-electron chi connectivity index (χ3n) is 4.20. The molecule has 0 saturated carbocycles. The molecule has 0 saturated heterocycles. The van der Waals surface area contributed by atoms with Crippen LogP contribution in [0.4, 0.5) is 5.69 Å². The van der Waals surface area contributed by atoms with Gasteiger partial charge in [-0.3, -0.25) is 10.1 Å². The molecule has 6 heteroatoms. The van der Waals surface area contributed by atoms with Gasteiger partial charge >= 0.3 is 0 Å². The van der Waals surface area contributed by atoms with Gasteiger partial charge in [0.1, 0.15) is 5.71 Å². The van der Waals surface area contributed by atoms with Gasteiger partial charge in [0.2, 0.25) is 0 Å². The Balaban J connectivity index is 1.78. The summed E-state index contributed by atoms with van der Waals surface area (Å²) in [6.45, 7) is 0. The zero-order chi connectivity index (χ0) is 18.1. The fourth-order valence-corrected chi connectivity index (χ4v) is 3.23. The van der Waals surface area contributed by atoms with Crippen LogP contribution >= 0.6 is 11.6 Å². The number of nitro benzene ring substituents is 1. The van der Waals surface area contributed by atoms with Crippen LogP contribution in [-0.2, 0) is 0 Å². The van der Waals surface area contributed by atoms with Crippen molar-refractivity contribution in [1.29, 1.82) is 0 Å². The van der Waals surface area contributed by atoms with Gasteiger partial charge in [-0.15, -0.1) is 5.10 Å². The Labute approximate surface area is 154 Å². The van der Waals surface area contributed by atoms with Crippen molar-refractivity contribution < 1.29 is 4.92 Å². The van der Waals surface area contributed by atoms with Gasteiger partial charge < -0.3 is 0 Å². The zero-order valence-electron chi connectivity index (χ0n) is 13.5. The van der Waals surface area contributed by atoms with Gasteiger partial charge in [-0.05, 0) is 23.3 Å². The number of hydrogen-bond donors (Lipinski definition) is 0. The number of rotatable bonds is 3. The van der Waals surface area contributed by atoms with E-state index in [1.165, 1.54) is 24.4 Å². The van der Waals surface area contributed by atoms with Crippen LogP contribution in [-0.4, -0.2) is 16.8 Å². The summed E-state index contributed by atoms with van der Waals surface area (Å²) in [4.78, 5) is 10.7. The molecule has 0 aliphatic heterocycles. The maximum absolute atomic E-state index is 11.1. The Bertz CT molecular complexity index is 1040. The predicted octanol–water partition coefficient (Wildman–Crippen LogP) is 5.10. The van der Waals surface area contributed by atoms with Gasteiger partial charge in [-0.25, -0.2) is 0 Å². The first-order valence-corrected chi connectivity index (χ1v) is 8.27. The van der Waals surface area contributed by atoms with Gasteiger partial charge in [-0.1, -0.05) is 60.1 Å². The van der Waals surface area contributed by atoms with E-state index in [0.29, 0.717) is 10.6 Å². The highest BCUT2D eigenvalue weighted by atomic mass is 35.5. The van der Waals surface area contributed by atoms with Gasteiger partial charge in [0, 0.05) is 22.2 Å². The molecule has 5 nitrogen and oxygen atoms in total. The first kappa shape index (κ1) is 16.2. The second kappa shape index (κ2) is 6.54. The van der Waals surface area contributed by atoms with E-state index < -0.39 is 4.92 Å². The molecular weight excluding hydrogens is 350 g/mol. The van der Waals surface area contributed by atoms with E-state index in [9.17, 15) is 10.1 Å². The van der Waals surface area contributed by atoms with E-state index >= 15 is 0 Å². The maximum Gasteiger partial charge on any atom is 0.278 e. The average Bonchev–Trinajstić information content (AvgIpc) is 2.96. The highest BCUT2D eigenvalue weighted by molar-refractivity contribution is 6.31. The topological polar surface area (TPSA) is 67.9 Å². The summed E-state index contributed by atoms with van der Waals surface area (Å²) >= 11 is 5.94. The maximum atomic E-state index is 11.1. The molecule has 0 radical (unpaired) electrons. The molecule has 1 aliphatic carbocycles. The van der Waals surface area contributed by atoms with E-state index in [2.05, 4.69) is 10.2 Å². The Hall–Kier alpha value is -3.31. The molecule has 0 bridgehead atoms. The minimum absolute atomic E-state index is 0.0643. The lowest BCUT2D eigenvalue weighted by atomic mass is 10.1. The summed E-state index contributed by atoms with van der Waals surface area (Å²) < 4.78 is 0. The lowest BCUT2D eigenvalue weighted by Crippen LogP contribution is -1.98. The molecule has 0 spiro atoms. The van der Waals surface area contributed by atoms with E-state index in [-0.39, 0.29) is 5.69 Å². The van der Waals surface area contributed by atoms with E-state index in [0.717, 1.165) is 28.0 Å². The fraction of sp³-hybridized carbons (Fsp3) is 0. The first-order chi connectivity index (χ1) is 12.6. The van der Waals surface area contributed by atoms with E-state index in [1.807, 2.05) is 48.5 Å². The first-order valence-electron chi connectivity index (χ1n) is 7.89. The minimum atomic E-state index is -0.467. The van der Waals surface area contributed by atoms with Crippen molar-refractivity contribution in [3.63, 3.8) is 0 Å². The third-order valence-corrected chi connectivity index (χ3v) is 4.43. The standard InChI is InChI=1S/C20H12ClN3O2/c21-14-9-10-19(24(25)26)13(11-14)12-22-23-20-17-7-3-1-5-15(17)16-6-2-4-8-18(16)20/h1-12H/b22-12+. The fourth-order valence-electron chi connectivity index (χ4n) is 3.05. The highest BCUT2D eigenvalue weighted by Gasteiger charge is 2.23. The van der Waals surface area contributed by atoms with Gasteiger partial charge in [0.15, 0.2) is 0 Å². The molecule has 0 atom stereocenters. The predicted molar refractivity (Wildman–Crippen MR) is 103 cm³/mol. The van der Waals surface area contributed by atoms with Crippen molar-refractivity contribution in [3.8, 4) is 11.1 Å². The van der Waals surface area contributed by atoms with Crippen molar-refractivity contribution in [2.24, 2.45) is 10.2 Å². The summed E-state index contributed by atoms with van der Waals surface area (Å²) in [5, 5.41) is 20.0. The van der Waals surface area contributed by atoms with Crippen LogP contribution in [0.15, 0.2) is 76.9 Å². The molecule has 0 unspecified atom stereocenters. The second-order valence-electron chi connectivity index (χ2n) is 5.74. The third kappa shape index (κ3) is 2.78. The van der Waals surface area contributed by atoms with Gasteiger partial charge in [0.25, 0.3) is 5.69 Å². The van der Waals surface area contributed by atoms with E-state index in [1.54, 1.807) is 0 Å². The Morgan fingerprint density at radius 2 is 1.46 bits per heavy atom. The Morgan fingerprint density at radius 3 is 2.04 bits per heavy atom. The summed E-state index contributed by atoms with van der Waals surface area (Å²) in [6.07, 6.45) is 1.36. The van der Waals surface area contributed by atoms with Crippen molar-refractivity contribution in [3.05, 3.63) is 98.6 Å². The zero-order valence-corrected chi connectivity index (χ0v) is 14.2. The number of hydrogen-bond acceptors (Lipinski definition) is 4. The second-order valence-corrected chi connectivity index (χ2v) is 6.18. The lowest BCUT2D eigenvalue weighted by molar-refractivity contribution is -0.385. The monoisotopic (exact) mass is 361 g/mol. The summed E-state index contributed by atoms with van der Waals surface area (Å²) in [5.41, 5.74) is 5.18. The number of nitrogens with zero attached hydrogens (tertiary/aromatic N) is 3. The molecule has 0 N–H and O–H groups in total. The number of halogens is 1. The molecule has 26 heavy (non-hydrogen) atoms. The summed E-state index contributed by atoms with van der Waals surface area (Å²) in [6, 6.07) is 20.3. The van der Waals surface area contributed by atoms with Crippen molar-refractivity contribution in [1.82, 2.24) is 0 Å². The van der Waals surface area contributed by atoms with Crippen LogP contribution < -0.4 is 0 Å². The van der Waals surface area contributed by atoms with Crippen LogP contribution in [0.2, 0.25) is 5.02 Å². The minimum Gasteiger partial charge on any atom is -0.258 e. The SMILES string of the molecule is O=[N+]([O-])c1ccc(Cl)cc1/C=N/N=C1c2ccccc2-c2ccccc21. The molecule has 0 fully saturated rings. The molecule has 126 valence electrons. The van der Waals surface area contributed by atoms with Crippen LogP contribution in [0.1, 0.15) is 16.7 Å². The summed E-state index contributed by atoms with van der Waals surface area (Å²) in [5.74, 6) is 0. The number of fused-ring (bicyclic) bond motifs is 3. The Morgan fingerprint density at radius 1 is 0.885 bits per heavy atom. The van der Waals surface area contributed by atoms with Crippen molar-refractivity contribution >= 4 is 29.2 Å². The van der Waals surface area contributed by atoms with E-state index in [4.69, 9.17) is 11.6 Å². The van der Waals surface area contributed by atoms with Crippen molar-refractivity contribution in [2.75, 3.05) is 0 Å². The molecule has 0 heterocycles. The van der Waals surface area contributed by atoms with Crippen molar-refractivity contribution in [2.45, 2.75) is 0 Å². The average molecular weight is 362 g/mol. The molecular formula is C20H12ClN3O2. The van der Waals surface area contributed by atoms with Crippen LogP contribution in [0.3, 0.4) is 0 Å². The van der Waals surface area contributed by atoms with Gasteiger partial charge in [-0.2, -0.15) is 5.10 Å². The largest absolute Gasteiger partial charge is 0.278 e. The number of benzene rings is 3. The van der Waals surface area contributed by atoms with Crippen LogP contribution in [0, 0.1) is 10.1 Å². The van der Waals surface area contributed by atoms with Crippen LogP contribution in [0.25, 0.3) is 11.1 Å². The molecule has 1 aliphatic rings. The Kier molecular flexibility index (Phi) is 4.07. The molecule has 0 amide bonds. The molecule has 0 aromatic heterocycles. The van der Waals surface area contributed by atoms with Gasteiger partial charge in [0.05, 0.1) is 16.7 Å². The molecule has 3 aromatic carbocycles. The van der Waals surface area contributed by atoms with Crippen LogP contribution in [0.5, 0.6) is 0 Å². The number of nitro groups is 1. The highest BCUT2D eigenvalue weighted by Crippen LogP contribution is 2.36. The quantitative estimate of drug-likeness (QED) is 0.289. The molecule has 3 aromatic rings. The lowest BCUT2D eigenvalue weighted by Gasteiger charge is -1.99. The summed E-state index contributed by atoms with van der Waals surface area (Å²) in [7, 11) is 0. The smallest absolute Gasteiger partial charge is 0.258 e. The molecule has 4 rings (SSSR count).